The molecule has 6 aromatic rings. The summed E-state index contributed by atoms with van der Waals surface area (Å²) in [6.07, 6.45) is 0. The first-order valence-corrected chi connectivity index (χ1v) is 13.5. The molecule has 3 aromatic heterocycles. The van der Waals surface area contributed by atoms with E-state index in [2.05, 4.69) is 40.4 Å². The van der Waals surface area contributed by atoms with E-state index in [0.29, 0.717) is 45.9 Å². The zero-order valence-corrected chi connectivity index (χ0v) is 22.1. The van der Waals surface area contributed by atoms with Crippen LogP contribution in [0.3, 0.4) is 0 Å². The first kappa shape index (κ1) is 24.7. The summed E-state index contributed by atoms with van der Waals surface area (Å²) < 4.78 is 12.6. The number of nitrogens with one attached hydrogen (secondary N) is 2. The highest BCUT2D eigenvalue weighted by atomic mass is 32.2. The van der Waals surface area contributed by atoms with Crippen molar-refractivity contribution >= 4 is 39.5 Å². The number of oxazole rings is 1. The summed E-state index contributed by atoms with van der Waals surface area (Å²) in [6, 6.07) is 22.8. The van der Waals surface area contributed by atoms with E-state index in [4.69, 9.17) is 8.83 Å². The van der Waals surface area contributed by atoms with E-state index in [1.165, 1.54) is 17.3 Å². The number of aromatic nitrogens is 4. The largest absolute Gasteiger partial charge is 0.423 e. The van der Waals surface area contributed by atoms with Gasteiger partial charge >= 0.3 is 11.4 Å². The van der Waals surface area contributed by atoms with Gasteiger partial charge in [-0.25, -0.2) is 9.59 Å². The van der Waals surface area contributed by atoms with Gasteiger partial charge in [-0.2, -0.15) is 0 Å². The molecule has 0 fully saturated rings. The summed E-state index contributed by atoms with van der Waals surface area (Å²) in [7, 11) is 0. The fourth-order valence-corrected chi connectivity index (χ4v) is 5.41. The van der Waals surface area contributed by atoms with Crippen LogP contribution in [0.15, 0.2) is 96.4 Å². The second-order valence-electron chi connectivity index (χ2n) is 9.44. The van der Waals surface area contributed by atoms with Crippen molar-refractivity contribution < 1.29 is 8.83 Å². The van der Waals surface area contributed by atoms with Gasteiger partial charge in [0.25, 0.3) is 0 Å². The molecular formula is C29H25N5O4S. The van der Waals surface area contributed by atoms with Crippen LogP contribution in [0.1, 0.15) is 36.7 Å². The Morgan fingerprint density at radius 1 is 0.949 bits per heavy atom. The summed E-state index contributed by atoms with van der Waals surface area (Å²) in [4.78, 5) is 26.4. The number of H-pyrrole nitrogens is 1. The molecule has 0 radical (unpaired) electrons. The van der Waals surface area contributed by atoms with Crippen LogP contribution in [0.25, 0.3) is 27.8 Å². The quantitative estimate of drug-likeness (QED) is 0.183. The molecule has 0 atom stereocenters. The number of rotatable bonds is 8. The van der Waals surface area contributed by atoms with E-state index < -0.39 is 5.76 Å². The van der Waals surface area contributed by atoms with Crippen LogP contribution < -0.4 is 16.7 Å². The fraction of sp³-hybridized carbons (Fsp3) is 0.172. The summed E-state index contributed by atoms with van der Waals surface area (Å²) in [5.41, 5.74) is 5.09. The zero-order valence-electron chi connectivity index (χ0n) is 21.3. The first-order chi connectivity index (χ1) is 18.9. The number of thioether (sulfide) groups is 1. The van der Waals surface area contributed by atoms with E-state index in [9.17, 15) is 9.59 Å². The molecule has 0 unspecified atom stereocenters. The highest BCUT2D eigenvalue weighted by Gasteiger charge is 2.16. The van der Waals surface area contributed by atoms with E-state index in [0.717, 1.165) is 22.3 Å². The topological polar surface area (TPSA) is 119 Å². The van der Waals surface area contributed by atoms with Gasteiger partial charge in [0.15, 0.2) is 16.6 Å². The standard InChI is InChI=1S/C29H25N5O4S/c1-17(2)18-8-11-24-22(12-18)19(13-27(35)37-24)16-39-28-33-32-26(34(28)21-6-4-3-5-7-21)15-30-20-9-10-23-25(14-20)38-29(36)31-23/h3-14,17,30H,15-16H2,1-2H3,(H,31,36). The minimum absolute atomic E-state index is 0.354. The van der Waals surface area contributed by atoms with Gasteiger partial charge in [-0.3, -0.25) is 9.55 Å². The Balaban J connectivity index is 1.30. The van der Waals surface area contributed by atoms with Crippen LogP contribution in [0, 0.1) is 0 Å². The van der Waals surface area contributed by atoms with Crippen molar-refractivity contribution in [3.05, 3.63) is 111 Å². The number of hydrogen-bond acceptors (Lipinski definition) is 8. The van der Waals surface area contributed by atoms with Gasteiger partial charge in [-0.05, 0) is 53.4 Å². The molecule has 0 bridgehead atoms. The molecule has 10 heteroatoms. The Labute approximate surface area is 226 Å². The van der Waals surface area contributed by atoms with Gasteiger partial charge in [0, 0.05) is 34.6 Å². The average Bonchev–Trinajstić information content (AvgIpc) is 3.52. The van der Waals surface area contributed by atoms with Crippen LogP contribution in [-0.2, 0) is 12.3 Å². The van der Waals surface area contributed by atoms with Crippen LogP contribution in [0.2, 0.25) is 0 Å². The molecule has 0 saturated carbocycles. The lowest BCUT2D eigenvalue weighted by Crippen LogP contribution is -2.08. The molecule has 3 aromatic carbocycles. The second kappa shape index (κ2) is 10.3. The Morgan fingerprint density at radius 2 is 1.79 bits per heavy atom. The SMILES string of the molecule is CC(C)c1ccc2oc(=O)cc(CSc3nnc(CNc4ccc5[nH]c(=O)oc5c4)n3-c3ccccc3)c2c1. The van der Waals surface area contributed by atoms with Crippen molar-refractivity contribution in [2.45, 2.75) is 37.2 Å². The monoisotopic (exact) mass is 539 g/mol. The molecule has 3 heterocycles. The lowest BCUT2D eigenvalue weighted by molar-refractivity contribution is 0.555. The average molecular weight is 540 g/mol. The molecule has 6 rings (SSSR count). The fourth-order valence-electron chi connectivity index (χ4n) is 4.45. The van der Waals surface area contributed by atoms with Crippen molar-refractivity contribution in [2.24, 2.45) is 0 Å². The first-order valence-electron chi connectivity index (χ1n) is 12.5. The third-order valence-corrected chi connectivity index (χ3v) is 7.44. The molecule has 196 valence electrons. The van der Waals surface area contributed by atoms with E-state index >= 15 is 0 Å². The molecule has 39 heavy (non-hydrogen) atoms. The number of benzene rings is 3. The molecule has 0 aliphatic rings. The zero-order chi connectivity index (χ0) is 26.9. The number of hydrogen-bond donors (Lipinski definition) is 2. The number of fused-ring (bicyclic) bond motifs is 2. The lowest BCUT2D eigenvalue weighted by Gasteiger charge is -2.12. The summed E-state index contributed by atoms with van der Waals surface area (Å²) in [5, 5.41) is 13.9. The van der Waals surface area contributed by atoms with Gasteiger partial charge < -0.3 is 14.2 Å². The van der Waals surface area contributed by atoms with Gasteiger partial charge in [-0.15, -0.1) is 10.2 Å². The molecule has 9 nitrogen and oxygen atoms in total. The van der Waals surface area contributed by atoms with Gasteiger partial charge in [0.2, 0.25) is 0 Å². The maximum absolute atomic E-state index is 12.3. The number of nitrogens with zero attached hydrogens (tertiary/aromatic N) is 3. The van der Waals surface area contributed by atoms with Gasteiger partial charge in [0.05, 0.1) is 12.1 Å². The van der Waals surface area contributed by atoms with Crippen molar-refractivity contribution in [1.82, 2.24) is 19.7 Å². The molecular weight excluding hydrogens is 514 g/mol. The Morgan fingerprint density at radius 3 is 2.62 bits per heavy atom. The molecule has 0 aliphatic carbocycles. The number of aromatic amines is 1. The van der Waals surface area contributed by atoms with Crippen molar-refractivity contribution in [3.8, 4) is 5.69 Å². The van der Waals surface area contributed by atoms with Crippen LogP contribution in [0.4, 0.5) is 5.69 Å². The van der Waals surface area contributed by atoms with Crippen molar-refractivity contribution in [2.75, 3.05) is 5.32 Å². The third-order valence-electron chi connectivity index (χ3n) is 6.46. The van der Waals surface area contributed by atoms with Crippen molar-refractivity contribution in [1.29, 1.82) is 0 Å². The maximum atomic E-state index is 12.3. The summed E-state index contributed by atoms with van der Waals surface area (Å²) in [6.45, 7) is 4.66. The van der Waals surface area contributed by atoms with Gasteiger partial charge in [-0.1, -0.05) is 49.9 Å². The van der Waals surface area contributed by atoms with Crippen molar-refractivity contribution in [3.63, 3.8) is 0 Å². The molecule has 0 saturated heterocycles. The second-order valence-corrected chi connectivity index (χ2v) is 10.4. The van der Waals surface area contributed by atoms with E-state index in [1.807, 2.05) is 53.1 Å². The molecule has 0 spiro atoms. The minimum Gasteiger partial charge on any atom is -0.423 e. The highest BCUT2D eigenvalue weighted by Crippen LogP contribution is 2.30. The molecule has 0 amide bonds. The van der Waals surface area contributed by atoms with Crippen LogP contribution >= 0.6 is 11.8 Å². The molecule has 2 N–H and O–H groups in total. The predicted octanol–water partition coefficient (Wildman–Crippen LogP) is 5.84. The summed E-state index contributed by atoms with van der Waals surface area (Å²) in [5.74, 6) is 1.09. The normalized spacial score (nSPS) is 11.6. The number of anilines is 1. The van der Waals surface area contributed by atoms with Gasteiger partial charge in [0.1, 0.15) is 5.58 Å². The number of para-hydroxylation sites is 1. The third kappa shape index (κ3) is 5.10. The minimum atomic E-state index is -0.489. The van der Waals surface area contributed by atoms with Crippen LogP contribution in [0.5, 0.6) is 0 Å². The maximum Gasteiger partial charge on any atom is 0.417 e. The smallest absolute Gasteiger partial charge is 0.417 e. The van der Waals surface area contributed by atoms with E-state index in [-0.39, 0.29) is 5.63 Å². The predicted molar refractivity (Wildman–Crippen MR) is 152 cm³/mol. The Bertz CT molecular complexity index is 1900. The van der Waals surface area contributed by atoms with Crippen LogP contribution in [-0.4, -0.2) is 19.7 Å². The lowest BCUT2D eigenvalue weighted by atomic mass is 10.00. The highest BCUT2D eigenvalue weighted by molar-refractivity contribution is 7.98. The van der Waals surface area contributed by atoms with E-state index in [1.54, 1.807) is 18.2 Å². The Kier molecular flexibility index (Phi) is 6.54. The Hall–Kier alpha value is -4.57. The summed E-state index contributed by atoms with van der Waals surface area (Å²) >= 11 is 1.51. The molecule has 0 aliphatic heterocycles.